The van der Waals surface area contributed by atoms with Crippen LogP contribution in [0.15, 0.2) is 65.5 Å². The smallest absolute Gasteiger partial charge is 0.227 e. The molecule has 30 heavy (non-hydrogen) atoms. The Morgan fingerprint density at radius 1 is 1.13 bits per heavy atom. The zero-order valence-corrected chi connectivity index (χ0v) is 16.9. The number of aromatic nitrogens is 3. The summed E-state index contributed by atoms with van der Waals surface area (Å²) < 4.78 is 8.12. The normalized spacial score (nSPS) is 18.7. The van der Waals surface area contributed by atoms with Crippen LogP contribution in [0.2, 0.25) is 0 Å². The van der Waals surface area contributed by atoms with E-state index < -0.39 is 0 Å². The molecule has 2 aromatic heterocycles. The summed E-state index contributed by atoms with van der Waals surface area (Å²) in [6, 6.07) is 16.6. The number of nitrogens with zero attached hydrogens (tertiary/aromatic N) is 3. The van der Waals surface area contributed by atoms with Crippen molar-refractivity contribution in [3.05, 3.63) is 61.1 Å². The molecular weight excluding hydrogens is 376 g/mol. The van der Waals surface area contributed by atoms with Crippen LogP contribution >= 0.6 is 0 Å². The molecule has 2 heterocycles. The molecule has 1 fully saturated rings. The summed E-state index contributed by atoms with van der Waals surface area (Å²) in [7, 11) is 0. The van der Waals surface area contributed by atoms with Crippen LogP contribution in [0.1, 0.15) is 38.6 Å². The number of nitrogens with one attached hydrogen (secondary N) is 1. The summed E-state index contributed by atoms with van der Waals surface area (Å²) in [6.07, 6.45) is 7.33. The van der Waals surface area contributed by atoms with Crippen LogP contribution in [-0.4, -0.2) is 26.5 Å². The minimum absolute atomic E-state index is 0.126. The predicted octanol–water partition coefficient (Wildman–Crippen LogP) is 4.98. The number of para-hydroxylation sites is 2. The maximum atomic E-state index is 11.7. The fraction of sp³-hybridized carbons (Fsp3) is 0.292. The van der Waals surface area contributed by atoms with Gasteiger partial charge >= 0.3 is 0 Å². The number of fused-ring (bicyclic) bond motifs is 1. The van der Waals surface area contributed by atoms with Gasteiger partial charge in [0.1, 0.15) is 5.52 Å². The third-order valence-corrected chi connectivity index (χ3v) is 5.87. The van der Waals surface area contributed by atoms with E-state index in [1.54, 1.807) is 0 Å². The molecular formula is C24H24N4O2. The van der Waals surface area contributed by atoms with Crippen molar-refractivity contribution in [2.45, 2.75) is 44.7 Å². The molecule has 0 spiro atoms. The zero-order valence-electron chi connectivity index (χ0n) is 16.9. The molecule has 0 radical (unpaired) electrons. The molecule has 5 rings (SSSR count). The molecule has 4 aromatic rings. The molecule has 152 valence electrons. The lowest BCUT2D eigenvalue weighted by Gasteiger charge is -2.17. The molecule has 0 saturated heterocycles. The van der Waals surface area contributed by atoms with Crippen LogP contribution < -0.4 is 5.32 Å². The Labute approximate surface area is 175 Å². The van der Waals surface area contributed by atoms with Crippen molar-refractivity contribution < 1.29 is 9.21 Å². The van der Waals surface area contributed by atoms with E-state index in [2.05, 4.69) is 32.0 Å². The molecule has 6 nitrogen and oxygen atoms in total. The van der Waals surface area contributed by atoms with Crippen molar-refractivity contribution in [3.63, 3.8) is 0 Å². The number of benzene rings is 2. The number of oxazole rings is 1. The van der Waals surface area contributed by atoms with Gasteiger partial charge in [0.05, 0.1) is 18.2 Å². The second-order valence-corrected chi connectivity index (χ2v) is 7.84. The number of imidazole rings is 1. The fourth-order valence-electron chi connectivity index (χ4n) is 4.27. The molecule has 2 aromatic carbocycles. The first-order valence-electron chi connectivity index (χ1n) is 10.5. The Hall–Kier alpha value is -3.41. The predicted molar refractivity (Wildman–Crippen MR) is 116 cm³/mol. The van der Waals surface area contributed by atoms with Crippen LogP contribution in [0.25, 0.3) is 33.8 Å². The van der Waals surface area contributed by atoms with Crippen LogP contribution in [-0.2, 0) is 4.79 Å². The van der Waals surface area contributed by atoms with Gasteiger partial charge in [0, 0.05) is 24.1 Å². The van der Waals surface area contributed by atoms with E-state index >= 15 is 0 Å². The van der Waals surface area contributed by atoms with E-state index in [-0.39, 0.29) is 11.9 Å². The molecule has 1 aliphatic carbocycles. The van der Waals surface area contributed by atoms with Crippen molar-refractivity contribution in [3.8, 4) is 22.7 Å². The lowest BCUT2D eigenvalue weighted by molar-refractivity contribution is -0.121. The Bertz CT molecular complexity index is 1140. The monoisotopic (exact) mass is 400 g/mol. The van der Waals surface area contributed by atoms with Gasteiger partial charge in [-0.25, -0.2) is 9.97 Å². The van der Waals surface area contributed by atoms with Crippen molar-refractivity contribution >= 4 is 17.0 Å². The fourth-order valence-corrected chi connectivity index (χ4v) is 4.27. The van der Waals surface area contributed by atoms with Crippen LogP contribution in [0.4, 0.5) is 0 Å². The van der Waals surface area contributed by atoms with E-state index in [1.807, 2.05) is 55.8 Å². The zero-order chi connectivity index (χ0) is 20.5. The Morgan fingerprint density at radius 2 is 1.93 bits per heavy atom. The number of amides is 1. The second-order valence-electron chi connectivity index (χ2n) is 7.84. The number of hydrogen-bond acceptors (Lipinski definition) is 4. The van der Waals surface area contributed by atoms with Gasteiger partial charge in [-0.05, 0) is 49.1 Å². The Balaban J connectivity index is 1.36. The van der Waals surface area contributed by atoms with Crippen LogP contribution in [0.3, 0.4) is 0 Å². The molecule has 6 heteroatoms. The lowest BCUT2D eigenvalue weighted by Crippen LogP contribution is -2.32. The highest BCUT2D eigenvalue weighted by atomic mass is 16.3. The highest BCUT2D eigenvalue weighted by molar-refractivity contribution is 5.77. The van der Waals surface area contributed by atoms with Crippen molar-refractivity contribution in [2.75, 3.05) is 0 Å². The maximum Gasteiger partial charge on any atom is 0.227 e. The molecule has 1 N–H and O–H groups in total. The minimum atomic E-state index is 0.126. The topological polar surface area (TPSA) is 73.0 Å². The first-order valence-corrected chi connectivity index (χ1v) is 10.5. The van der Waals surface area contributed by atoms with Gasteiger partial charge in [0.25, 0.3) is 0 Å². The highest BCUT2D eigenvalue weighted by Gasteiger charge is 2.28. The van der Waals surface area contributed by atoms with Gasteiger partial charge in [0.2, 0.25) is 11.8 Å². The van der Waals surface area contributed by atoms with Crippen molar-refractivity contribution in [1.29, 1.82) is 0 Å². The lowest BCUT2D eigenvalue weighted by atomic mass is 10.1. The van der Waals surface area contributed by atoms with E-state index in [9.17, 15) is 4.79 Å². The minimum Gasteiger partial charge on any atom is -0.436 e. The van der Waals surface area contributed by atoms with Gasteiger partial charge in [-0.1, -0.05) is 31.2 Å². The standard InChI is InChI=1S/C24H24N4O2/c1-2-23(29)26-18-11-12-19(13-18)28-15-25-14-21(28)16-7-9-17(10-8-16)24-27-20-5-3-4-6-22(20)30-24/h3-10,14-15,18-19H,2,11-13H2,1H3,(H,26,29). The van der Waals surface area contributed by atoms with E-state index in [4.69, 9.17) is 4.42 Å². The summed E-state index contributed by atoms with van der Waals surface area (Å²) in [6.45, 7) is 1.89. The van der Waals surface area contributed by atoms with E-state index in [0.29, 0.717) is 18.4 Å². The quantitative estimate of drug-likeness (QED) is 0.513. The summed E-state index contributed by atoms with van der Waals surface area (Å²) in [5.74, 6) is 0.753. The van der Waals surface area contributed by atoms with E-state index in [1.165, 1.54) is 0 Å². The summed E-state index contributed by atoms with van der Waals surface area (Å²) in [5, 5.41) is 3.13. The third kappa shape index (κ3) is 3.49. The summed E-state index contributed by atoms with van der Waals surface area (Å²) >= 11 is 0. The Morgan fingerprint density at radius 3 is 2.73 bits per heavy atom. The largest absolute Gasteiger partial charge is 0.436 e. The Kier molecular flexibility index (Phi) is 4.83. The van der Waals surface area contributed by atoms with Gasteiger partial charge in [-0.15, -0.1) is 0 Å². The molecule has 1 saturated carbocycles. The van der Waals surface area contributed by atoms with Gasteiger partial charge < -0.3 is 14.3 Å². The number of hydrogen-bond donors (Lipinski definition) is 1. The molecule has 2 unspecified atom stereocenters. The van der Waals surface area contributed by atoms with Gasteiger partial charge in [-0.3, -0.25) is 4.79 Å². The first kappa shape index (κ1) is 18.6. The van der Waals surface area contributed by atoms with Gasteiger partial charge in [0.15, 0.2) is 5.58 Å². The van der Waals surface area contributed by atoms with Crippen molar-refractivity contribution in [2.24, 2.45) is 0 Å². The van der Waals surface area contributed by atoms with E-state index in [0.717, 1.165) is 47.2 Å². The van der Waals surface area contributed by atoms with Gasteiger partial charge in [-0.2, -0.15) is 0 Å². The second kappa shape index (κ2) is 7.78. The number of carbonyl (C=O) groups excluding carboxylic acids is 1. The third-order valence-electron chi connectivity index (χ3n) is 5.87. The molecule has 0 bridgehead atoms. The average Bonchev–Trinajstić information content (AvgIpc) is 3.52. The maximum absolute atomic E-state index is 11.7. The number of rotatable bonds is 5. The van der Waals surface area contributed by atoms with Crippen LogP contribution in [0.5, 0.6) is 0 Å². The summed E-state index contributed by atoms with van der Waals surface area (Å²) in [4.78, 5) is 20.7. The number of carbonyl (C=O) groups is 1. The molecule has 1 aliphatic rings. The molecule has 2 atom stereocenters. The van der Waals surface area contributed by atoms with Crippen molar-refractivity contribution in [1.82, 2.24) is 19.9 Å². The molecule has 1 amide bonds. The molecule has 0 aliphatic heterocycles. The SMILES string of the molecule is CCC(=O)NC1CCC(n2cncc2-c2ccc(-c3nc4ccccc4o3)cc2)C1. The summed E-state index contributed by atoms with van der Waals surface area (Å²) in [5.41, 5.74) is 4.80. The highest BCUT2D eigenvalue weighted by Crippen LogP contribution is 2.34. The average molecular weight is 400 g/mol. The van der Waals surface area contributed by atoms with Crippen LogP contribution in [0, 0.1) is 0 Å². The first-order chi connectivity index (χ1) is 14.7.